The predicted molar refractivity (Wildman–Crippen MR) is 148 cm³/mol. The summed E-state index contributed by atoms with van der Waals surface area (Å²) < 4.78 is 29.9. The van der Waals surface area contributed by atoms with Gasteiger partial charge in [0.05, 0.1) is 46.2 Å². The summed E-state index contributed by atoms with van der Waals surface area (Å²) in [5, 5.41) is 3.62. The van der Waals surface area contributed by atoms with Gasteiger partial charge in [0, 0.05) is 37.1 Å². The average molecular weight is 547 g/mol. The van der Waals surface area contributed by atoms with E-state index >= 15 is 0 Å². The number of carbonyl (C=O) groups excluding carboxylic acids is 1. The number of aryl methyl sites for hydroxylation is 1. The first-order chi connectivity index (χ1) is 18.6. The monoisotopic (exact) mass is 546 g/mol. The van der Waals surface area contributed by atoms with E-state index in [2.05, 4.69) is 34.0 Å². The van der Waals surface area contributed by atoms with Crippen LogP contribution in [0.1, 0.15) is 35.6 Å². The summed E-state index contributed by atoms with van der Waals surface area (Å²) >= 11 is 0. The van der Waals surface area contributed by atoms with Crippen LogP contribution < -0.4 is 10.2 Å². The molecule has 202 valence electrons. The fourth-order valence-electron chi connectivity index (χ4n) is 4.69. The van der Waals surface area contributed by atoms with Gasteiger partial charge < -0.3 is 15.0 Å². The number of hydrogen-bond acceptors (Lipinski definition) is 9. The van der Waals surface area contributed by atoms with Crippen LogP contribution in [0.2, 0.25) is 0 Å². The summed E-state index contributed by atoms with van der Waals surface area (Å²) in [6.07, 6.45) is 4.46. The van der Waals surface area contributed by atoms with Crippen LogP contribution in [0.25, 0.3) is 22.3 Å². The molecule has 39 heavy (non-hydrogen) atoms. The molecule has 0 bridgehead atoms. The van der Waals surface area contributed by atoms with E-state index in [1.807, 2.05) is 36.4 Å². The van der Waals surface area contributed by atoms with E-state index in [-0.39, 0.29) is 29.3 Å². The Morgan fingerprint density at radius 1 is 1.03 bits per heavy atom. The number of sulfone groups is 1. The third-order valence-corrected chi connectivity index (χ3v) is 7.73. The van der Waals surface area contributed by atoms with E-state index in [1.54, 1.807) is 13.1 Å². The summed E-state index contributed by atoms with van der Waals surface area (Å²) in [6.45, 7) is 7.46. The first kappa shape index (κ1) is 26.6. The number of aromatic nitrogens is 4. The number of nitrogens with one attached hydrogen (secondary N) is 1. The van der Waals surface area contributed by atoms with Gasteiger partial charge in [-0.3, -0.25) is 14.8 Å². The second kappa shape index (κ2) is 10.7. The Hall–Kier alpha value is -3.96. The van der Waals surface area contributed by atoms with Crippen molar-refractivity contribution in [1.29, 1.82) is 0 Å². The number of nitrogens with zero attached hydrogens (tertiary/aromatic N) is 5. The van der Waals surface area contributed by atoms with Crippen molar-refractivity contribution in [2.75, 3.05) is 24.2 Å². The Morgan fingerprint density at radius 2 is 1.77 bits per heavy atom. The second-order valence-electron chi connectivity index (χ2n) is 9.90. The lowest BCUT2D eigenvalue weighted by atomic mass is 10.1. The lowest BCUT2D eigenvalue weighted by Gasteiger charge is -2.36. The van der Waals surface area contributed by atoms with Crippen LogP contribution in [0, 0.1) is 6.92 Å². The third-order valence-electron chi connectivity index (χ3n) is 6.49. The number of carbonyl (C=O) groups is 1. The first-order valence-corrected chi connectivity index (χ1v) is 14.5. The highest BCUT2D eigenvalue weighted by atomic mass is 32.2. The van der Waals surface area contributed by atoms with Gasteiger partial charge in [-0.05, 0) is 62.7 Å². The molecule has 0 saturated carbocycles. The lowest BCUT2D eigenvalue weighted by Crippen LogP contribution is -2.45. The summed E-state index contributed by atoms with van der Waals surface area (Å²) in [5.74, 6) is 0.398. The minimum atomic E-state index is -3.48. The van der Waals surface area contributed by atoms with E-state index in [1.165, 1.54) is 12.3 Å². The molecular formula is C28H30N6O4S. The predicted octanol–water partition coefficient (Wildman–Crippen LogP) is 3.34. The molecule has 5 rings (SSSR count). The maximum absolute atomic E-state index is 12.7. The standard InChI is InChI=1S/C28H30N6O4S/c1-17-12-30-25(11-26(17)39(4,36)37)28(35)31-14-21-10-24-20(13-29-21)8-9-23(32-24)22-6-5-7-27(33-22)34-15-18(2)38-19(3)16-34/h5-13,18-19H,14-16H2,1-4H3,(H,31,35)/t18-,19+. The van der Waals surface area contributed by atoms with Gasteiger partial charge in [0.2, 0.25) is 0 Å². The number of ether oxygens (including phenoxy) is 1. The molecule has 0 radical (unpaired) electrons. The van der Waals surface area contributed by atoms with Gasteiger partial charge in [-0.1, -0.05) is 6.07 Å². The third kappa shape index (κ3) is 6.04. The molecule has 1 aliphatic rings. The smallest absolute Gasteiger partial charge is 0.270 e. The van der Waals surface area contributed by atoms with Crippen LogP contribution in [-0.2, 0) is 21.1 Å². The van der Waals surface area contributed by atoms with Crippen LogP contribution >= 0.6 is 0 Å². The zero-order valence-corrected chi connectivity index (χ0v) is 23.1. The molecule has 0 aliphatic carbocycles. The second-order valence-corrected chi connectivity index (χ2v) is 11.9. The molecule has 0 spiro atoms. The fraction of sp³-hybridized carbons (Fsp3) is 0.321. The lowest BCUT2D eigenvalue weighted by molar-refractivity contribution is -0.00545. The minimum absolute atomic E-state index is 0.0252. The van der Waals surface area contributed by atoms with Crippen LogP contribution in [0.15, 0.2) is 59.8 Å². The van der Waals surface area contributed by atoms with E-state index in [4.69, 9.17) is 14.7 Å². The number of hydrogen-bond donors (Lipinski definition) is 1. The van der Waals surface area contributed by atoms with Crippen molar-refractivity contribution in [3.05, 3.63) is 71.8 Å². The highest BCUT2D eigenvalue weighted by Crippen LogP contribution is 2.24. The number of pyridine rings is 4. The van der Waals surface area contributed by atoms with Crippen molar-refractivity contribution in [2.45, 2.75) is 44.4 Å². The van der Waals surface area contributed by atoms with Crippen molar-refractivity contribution in [1.82, 2.24) is 25.3 Å². The van der Waals surface area contributed by atoms with Crippen molar-refractivity contribution >= 4 is 32.5 Å². The van der Waals surface area contributed by atoms with E-state index in [0.29, 0.717) is 11.3 Å². The molecule has 2 atom stereocenters. The van der Waals surface area contributed by atoms with Crippen molar-refractivity contribution in [3.63, 3.8) is 0 Å². The van der Waals surface area contributed by atoms with E-state index in [0.717, 1.165) is 47.5 Å². The minimum Gasteiger partial charge on any atom is -0.372 e. The SMILES string of the molecule is Cc1cnc(C(=O)NCc2cc3nc(-c4cccc(N5C[C@@H](C)O[C@@H](C)C5)n4)ccc3cn2)cc1S(C)(=O)=O. The molecule has 4 aromatic rings. The first-order valence-electron chi connectivity index (χ1n) is 12.7. The maximum Gasteiger partial charge on any atom is 0.270 e. The van der Waals surface area contributed by atoms with Gasteiger partial charge in [-0.25, -0.2) is 18.4 Å². The van der Waals surface area contributed by atoms with Crippen molar-refractivity contribution in [2.24, 2.45) is 0 Å². The van der Waals surface area contributed by atoms with Gasteiger partial charge in [-0.2, -0.15) is 0 Å². The number of anilines is 1. The van der Waals surface area contributed by atoms with Crippen LogP contribution in [-0.4, -0.2) is 65.8 Å². The summed E-state index contributed by atoms with van der Waals surface area (Å²) in [7, 11) is -3.48. The van der Waals surface area contributed by atoms with Crippen LogP contribution in [0.3, 0.4) is 0 Å². The largest absolute Gasteiger partial charge is 0.372 e. The number of morpholine rings is 1. The molecule has 0 aromatic carbocycles. The molecule has 1 amide bonds. The molecule has 5 heterocycles. The zero-order valence-electron chi connectivity index (χ0n) is 22.2. The Balaban J connectivity index is 1.34. The Bertz CT molecular complexity index is 1650. The summed E-state index contributed by atoms with van der Waals surface area (Å²) in [6, 6.07) is 12.9. The van der Waals surface area contributed by atoms with Crippen LogP contribution in [0.5, 0.6) is 0 Å². The van der Waals surface area contributed by atoms with Gasteiger partial charge >= 0.3 is 0 Å². The number of amides is 1. The molecule has 1 aliphatic heterocycles. The molecule has 10 nitrogen and oxygen atoms in total. The average Bonchev–Trinajstić information content (AvgIpc) is 2.90. The molecule has 1 N–H and O–H groups in total. The molecule has 0 unspecified atom stereocenters. The highest BCUT2D eigenvalue weighted by Gasteiger charge is 2.23. The maximum atomic E-state index is 12.7. The zero-order chi connectivity index (χ0) is 27.7. The Kier molecular flexibility index (Phi) is 7.28. The summed E-state index contributed by atoms with van der Waals surface area (Å²) in [4.78, 5) is 33.2. The normalized spacial score (nSPS) is 17.8. The van der Waals surface area contributed by atoms with Gasteiger partial charge in [0.15, 0.2) is 9.84 Å². The molecule has 4 aromatic heterocycles. The fourth-order valence-corrected chi connectivity index (χ4v) is 5.66. The van der Waals surface area contributed by atoms with Crippen molar-refractivity contribution < 1.29 is 17.9 Å². The Labute approximate surface area is 227 Å². The highest BCUT2D eigenvalue weighted by molar-refractivity contribution is 7.90. The van der Waals surface area contributed by atoms with Gasteiger partial charge in [0.25, 0.3) is 5.91 Å². The Morgan fingerprint density at radius 3 is 2.51 bits per heavy atom. The van der Waals surface area contributed by atoms with Gasteiger partial charge in [0.1, 0.15) is 11.5 Å². The molecule has 11 heteroatoms. The topological polar surface area (TPSA) is 127 Å². The van der Waals surface area contributed by atoms with E-state index in [9.17, 15) is 13.2 Å². The summed E-state index contributed by atoms with van der Waals surface area (Å²) in [5.41, 5.74) is 3.34. The number of fused-ring (bicyclic) bond motifs is 1. The molecular weight excluding hydrogens is 516 g/mol. The van der Waals surface area contributed by atoms with Crippen LogP contribution in [0.4, 0.5) is 5.82 Å². The van der Waals surface area contributed by atoms with E-state index < -0.39 is 15.7 Å². The van der Waals surface area contributed by atoms with Crippen molar-refractivity contribution in [3.8, 4) is 11.4 Å². The quantitative estimate of drug-likeness (QED) is 0.387. The molecule has 1 fully saturated rings. The van der Waals surface area contributed by atoms with Gasteiger partial charge in [-0.15, -0.1) is 0 Å². The number of rotatable bonds is 6. The molecule has 1 saturated heterocycles.